The molecule has 1 atom stereocenters. The smallest absolute Gasteiger partial charge is 0.243 e. The van der Waals surface area contributed by atoms with E-state index >= 15 is 0 Å². The molecule has 0 bridgehead atoms. The second kappa shape index (κ2) is 12.2. The van der Waals surface area contributed by atoms with E-state index in [1.807, 2.05) is 85.8 Å². The summed E-state index contributed by atoms with van der Waals surface area (Å²) in [4.78, 5) is 28.4. The van der Waals surface area contributed by atoms with Crippen LogP contribution in [0.3, 0.4) is 0 Å². The van der Waals surface area contributed by atoms with E-state index in [9.17, 15) is 9.59 Å². The van der Waals surface area contributed by atoms with Gasteiger partial charge in [0, 0.05) is 24.0 Å². The van der Waals surface area contributed by atoms with Gasteiger partial charge in [0.1, 0.15) is 11.8 Å². The second-order valence-electron chi connectivity index (χ2n) is 7.77. The number of ether oxygens (including phenoxy) is 1. The Morgan fingerprint density at radius 2 is 1.55 bits per heavy atom. The normalized spacial score (nSPS) is 11.5. The minimum absolute atomic E-state index is 0.102. The fourth-order valence-corrected chi connectivity index (χ4v) is 3.92. The van der Waals surface area contributed by atoms with Crippen LogP contribution in [-0.2, 0) is 29.0 Å². The molecule has 0 saturated heterocycles. The van der Waals surface area contributed by atoms with Crippen LogP contribution in [0.1, 0.15) is 23.6 Å². The molecule has 0 aliphatic carbocycles. The lowest BCUT2D eigenvalue weighted by molar-refractivity contribution is -0.140. The second-order valence-corrected chi connectivity index (χ2v) is 8.69. The van der Waals surface area contributed by atoms with Crippen molar-refractivity contribution in [2.24, 2.45) is 0 Å². The average Bonchev–Trinajstić information content (AvgIpc) is 2.83. The number of nitrogens with zero attached hydrogens (tertiary/aromatic N) is 1. The quantitative estimate of drug-likeness (QED) is 0.428. The van der Waals surface area contributed by atoms with Crippen LogP contribution in [0.15, 0.2) is 83.3 Å². The van der Waals surface area contributed by atoms with Gasteiger partial charge in [-0.05, 0) is 47.9 Å². The number of nitrogens with one attached hydrogen (secondary N) is 1. The van der Waals surface area contributed by atoms with Crippen LogP contribution < -0.4 is 10.1 Å². The lowest BCUT2D eigenvalue weighted by Gasteiger charge is -2.31. The van der Waals surface area contributed by atoms with Gasteiger partial charge in [-0.15, -0.1) is 0 Å². The molecule has 0 aliphatic rings. The summed E-state index contributed by atoms with van der Waals surface area (Å²) in [6.07, 6.45) is 0.642. The molecule has 0 aliphatic heterocycles. The number of likely N-dealkylation sites (N-methyl/N-ethyl adjacent to an activating group) is 1. The van der Waals surface area contributed by atoms with E-state index in [4.69, 9.17) is 4.74 Å². The maximum Gasteiger partial charge on any atom is 0.243 e. The Kier molecular flexibility index (Phi) is 9.07. The summed E-state index contributed by atoms with van der Waals surface area (Å²) in [5.41, 5.74) is 2.84. The van der Waals surface area contributed by atoms with Crippen LogP contribution >= 0.6 is 15.9 Å². The van der Waals surface area contributed by atoms with Crippen LogP contribution in [0.5, 0.6) is 5.75 Å². The molecule has 33 heavy (non-hydrogen) atoms. The zero-order valence-corrected chi connectivity index (χ0v) is 20.5. The molecule has 0 radical (unpaired) electrons. The standard InChI is InChI=1S/C27H29BrN2O3/c1-3-29-27(32)25(17-20-7-5-4-6-8-20)30(19-22-9-13-23(28)14-10-22)26(31)18-21-11-15-24(33-2)16-12-21/h4-16,25H,3,17-19H2,1-2H3,(H,29,32)/t25-/m0/s1. The van der Waals surface area contributed by atoms with Gasteiger partial charge in [-0.1, -0.05) is 70.5 Å². The van der Waals surface area contributed by atoms with Gasteiger partial charge in [-0.25, -0.2) is 0 Å². The van der Waals surface area contributed by atoms with E-state index in [-0.39, 0.29) is 18.2 Å². The number of carbonyl (C=O) groups is 2. The van der Waals surface area contributed by atoms with Gasteiger partial charge < -0.3 is 15.0 Å². The number of amides is 2. The monoisotopic (exact) mass is 508 g/mol. The number of rotatable bonds is 10. The first-order valence-electron chi connectivity index (χ1n) is 11.0. The number of hydrogen-bond donors (Lipinski definition) is 1. The molecule has 0 spiro atoms. The number of benzene rings is 3. The van der Waals surface area contributed by atoms with Gasteiger partial charge in [-0.2, -0.15) is 0 Å². The van der Waals surface area contributed by atoms with Gasteiger partial charge in [0.25, 0.3) is 0 Å². The van der Waals surface area contributed by atoms with Crippen LogP contribution in [0, 0.1) is 0 Å². The van der Waals surface area contributed by atoms with Gasteiger partial charge in [0.2, 0.25) is 11.8 Å². The molecule has 6 heteroatoms. The molecular formula is C27H29BrN2O3. The van der Waals surface area contributed by atoms with Crippen molar-refractivity contribution in [1.82, 2.24) is 10.2 Å². The zero-order chi connectivity index (χ0) is 23.6. The Labute approximate surface area is 203 Å². The minimum Gasteiger partial charge on any atom is -0.497 e. The first-order valence-corrected chi connectivity index (χ1v) is 11.8. The molecule has 3 aromatic rings. The molecule has 5 nitrogen and oxygen atoms in total. The predicted octanol–water partition coefficient (Wildman–Crippen LogP) is 4.78. The van der Waals surface area contributed by atoms with E-state index in [0.29, 0.717) is 19.5 Å². The average molecular weight is 509 g/mol. The Hall–Kier alpha value is -3.12. The topological polar surface area (TPSA) is 58.6 Å². The molecule has 1 N–H and O–H groups in total. The van der Waals surface area contributed by atoms with Crippen molar-refractivity contribution >= 4 is 27.7 Å². The van der Waals surface area contributed by atoms with Gasteiger partial charge in [0.05, 0.1) is 13.5 Å². The highest BCUT2D eigenvalue weighted by molar-refractivity contribution is 9.10. The first kappa shape index (κ1) is 24.5. The predicted molar refractivity (Wildman–Crippen MR) is 134 cm³/mol. The number of methoxy groups -OCH3 is 1. The maximum absolute atomic E-state index is 13.6. The number of carbonyl (C=O) groups excluding carboxylic acids is 2. The largest absolute Gasteiger partial charge is 0.497 e. The third kappa shape index (κ3) is 7.19. The van der Waals surface area contributed by atoms with E-state index in [1.54, 1.807) is 12.0 Å². The van der Waals surface area contributed by atoms with Crippen molar-refractivity contribution in [3.8, 4) is 5.75 Å². The first-order chi connectivity index (χ1) is 16.0. The van der Waals surface area contributed by atoms with Crippen LogP contribution in [-0.4, -0.2) is 36.4 Å². The van der Waals surface area contributed by atoms with Crippen molar-refractivity contribution in [3.63, 3.8) is 0 Å². The lowest BCUT2D eigenvalue weighted by atomic mass is 10.0. The summed E-state index contributed by atoms with van der Waals surface area (Å²) in [6.45, 7) is 2.73. The van der Waals surface area contributed by atoms with Crippen molar-refractivity contribution in [3.05, 3.63) is 100 Å². The summed E-state index contributed by atoms with van der Waals surface area (Å²) >= 11 is 3.46. The molecule has 172 valence electrons. The Balaban J connectivity index is 1.92. The Morgan fingerprint density at radius 3 is 2.15 bits per heavy atom. The molecule has 0 unspecified atom stereocenters. The number of hydrogen-bond acceptors (Lipinski definition) is 3. The molecular weight excluding hydrogens is 480 g/mol. The summed E-state index contributed by atoms with van der Waals surface area (Å²) < 4.78 is 6.19. The fourth-order valence-electron chi connectivity index (χ4n) is 3.65. The SMILES string of the molecule is CCNC(=O)[C@H](Cc1ccccc1)N(Cc1ccc(Br)cc1)C(=O)Cc1ccc(OC)cc1. The molecule has 0 saturated carbocycles. The van der Waals surface area contributed by atoms with Gasteiger partial charge in [0.15, 0.2) is 0 Å². The Bertz CT molecular complexity index is 1040. The molecule has 0 aromatic heterocycles. The van der Waals surface area contributed by atoms with Crippen LogP contribution in [0.25, 0.3) is 0 Å². The third-order valence-electron chi connectivity index (χ3n) is 5.40. The van der Waals surface area contributed by atoms with E-state index in [1.165, 1.54) is 0 Å². The van der Waals surface area contributed by atoms with Crippen molar-refractivity contribution < 1.29 is 14.3 Å². The van der Waals surface area contributed by atoms with Crippen molar-refractivity contribution in [1.29, 1.82) is 0 Å². The lowest BCUT2D eigenvalue weighted by Crippen LogP contribution is -2.50. The highest BCUT2D eigenvalue weighted by Crippen LogP contribution is 2.19. The van der Waals surface area contributed by atoms with Crippen molar-refractivity contribution in [2.45, 2.75) is 32.4 Å². The van der Waals surface area contributed by atoms with E-state index in [2.05, 4.69) is 21.2 Å². The minimum atomic E-state index is -0.623. The van der Waals surface area contributed by atoms with E-state index in [0.717, 1.165) is 26.9 Å². The highest BCUT2D eigenvalue weighted by atomic mass is 79.9. The molecule has 2 amide bonds. The molecule has 3 rings (SSSR count). The molecule has 0 heterocycles. The summed E-state index contributed by atoms with van der Waals surface area (Å²) in [7, 11) is 1.61. The fraction of sp³-hybridized carbons (Fsp3) is 0.259. The summed E-state index contributed by atoms with van der Waals surface area (Å²) in [5, 5.41) is 2.92. The summed E-state index contributed by atoms with van der Waals surface area (Å²) in [6, 6.07) is 24.4. The van der Waals surface area contributed by atoms with Crippen LogP contribution in [0.2, 0.25) is 0 Å². The van der Waals surface area contributed by atoms with E-state index < -0.39 is 6.04 Å². The van der Waals surface area contributed by atoms with Gasteiger partial charge >= 0.3 is 0 Å². The maximum atomic E-state index is 13.6. The zero-order valence-electron chi connectivity index (χ0n) is 19.0. The molecule has 0 fully saturated rings. The summed E-state index contributed by atoms with van der Waals surface area (Å²) in [5.74, 6) is 0.485. The Morgan fingerprint density at radius 1 is 0.909 bits per heavy atom. The molecule has 3 aromatic carbocycles. The van der Waals surface area contributed by atoms with Crippen molar-refractivity contribution in [2.75, 3.05) is 13.7 Å². The van der Waals surface area contributed by atoms with Crippen LogP contribution in [0.4, 0.5) is 0 Å². The van der Waals surface area contributed by atoms with Gasteiger partial charge in [-0.3, -0.25) is 9.59 Å². The highest BCUT2D eigenvalue weighted by Gasteiger charge is 2.30. The number of halogens is 1. The third-order valence-corrected chi connectivity index (χ3v) is 5.93.